The molecule has 0 radical (unpaired) electrons. The second-order valence-electron chi connectivity index (χ2n) is 15.1. The summed E-state index contributed by atoms with van der Waals surface area (Å²) >= 11 is 13.6. The lowest BCUT2D eigenvalue weighted by molar-refractivity contribution is -0.149. The largest absolute Gasteiger partial charge is 0.481 e. The zero-order valence-corrected chi connectivity index (χ0v) is 32.6. The number of carboxylic acids is 2. The summed E-state index contributed by atoms with van der Waals surface area (Å²) in [5.41, 5.74) is 2.04. The van der Waals surface area contributed by atoms with Gasteiger partial charge in [0.2, 0.25) is 0 Å². The van der Waals surface area contributed by atoms with E-state index in [0.29, 0.717) is 112 Å². The van der Waals surface area contributed by atoms with E-state index in [2.05, 4.69) is 20.4 Å². The molecule has 2 fully saturated rings. The second-order valence-corrected chi connectivity index (χ2v) is 16.0. The molecule has 3 unspecified atom stereocenters. The van der Waals surface area contributed by atoms with Crippen LogP contribution in [-0.4, -0.2) is 88.4 Å². The first-order valence-electron chi connectivity index (χ1n) is 18.7. The van der Waals surface area contributed by atoms with Crippen LogP contribution in [0.25, 0.3) is 0 Å². The lowest BCUT2D eigenvalue weighted by Crippen LogP contribution is -2.60. The molecule has 4 atom stereocenters. The van der Waals surface area contributed by atoms with E-state index in [9.17, 15) is 19.8 Å². The van der Waals surface area contributed by atoms with Gasteiger partial charge in [-0.15, -0.1) is 0 Å². The SMILES string of the molecule is CC[C@H](C(=O)O)C1CN(C2=Nc3ccccc3Oc3c2cc(Cl)cc3C2CN(C3=Nc4ccccc4Oc4ccc(Cl)cc43)CC(C(C)(C)C(=O)O)N2)CCN1. The minimum atomic E-state index is -1.22. The van der Waals surface area contributed by atoms with Gasteiger partial charge in [0.15, 0.2) is 11.5 Å². The Morgan fingerprint density at radius 3 is 2.18 bits per heavy atom. The number of rotatable bonds is 6. The number of ether oxygens (including phenoxy) is 2. The fourth-order valence-corrected chi connectivity index (χ4v) is 8.33. The van der Waals surface area contributed by atoms with Gasteiger partial charge < -0.3 is 40.1 Å². The molecule has 0 amide bonds. The molecular weight excluding hydrogens is 755 g/mol. The van der Waals surface area contributed by atoms with E-state index >= 15 is 0 Å². The third-order valence-electron chi connectivity index (χ3n) is 11.2. The molecule has 290 valence electrons. The van der Waals surface area contributed by atoms with E-state index < -0.39 is 35.4 Å². The van der Waals surface area contributed by atoms with Crippen LogP contribution in [0.1, 0.15) is 49.9 Å². The van der Waals surface area contributed by atoms with Crippen molar-refractivity contribution in [1.82, 2.24) is 20.4 Å². The lowest BCUT2D eigenvalue weighted by atomic mass is 9.81. The average Bonchev–Trinajstić information content (AvgIpc) is 3.45. The van der Waals surface area contributed by atoms with Crippen molar-refractivity contribution in [3.8, 4) is 23.0 Å². The Morgan fingerprint density at radius 2 is 1.50 bits per heavy atom. The summed E-state index contributed by atoms with van der Waals surface area (Å²) in [5.74, 6) is 1.02. The molecule has 4 aromatic carbocycles. The molecule has 2 saturated heterocycles. The molecular formula is C42H42Cl2N6O6. The topological polar surface area (TPSA) is 148 Å². The van der Waals surface area contributed by atoms with E-state index in [1.807, 2.05) is 79.7 Å². The van der Waals surface area contributed by atoms with Crippen LogP contribution in [0.2, 0.25) is 10.0 Å². The first kappa shape index (κ1) is 37.8. The number of amidine groups is 2. The molecule has 4 aliphatic rings. The number of hydrogen-bond acceptors (Lipinski definition) is 10. The summed E-state index contributed by atoms with van der Waals surface area (Å²) in [5, 5.41) is 28.6. The van der Waals surface area contributed by atoms with Crippen LogP contribution < -0.4 is 20.1 Å². The maximum Gasteiger partial charge on any atom is 0.310 e. The molecule has 4 heterocycles. The Bertz CT molecular complexity index is 2280. The monoisotopic (exact) mass is 796 g/mol. The minimum Gasteiger partial charge on any atom is -0.481 e. The van der Waals surface area contributed by atoms with Crippen molar-refractivity contribution < 1.29 is 29.3 Å². The van der Waals surface area contributed by atoms with E-state index in [4.69, 9.17) is 42.7 Å². The molecule has 8 rings (SSSR count). The number of halogens is 2. The predicted molar refractivity (Wildman–Crippen MR) is 216 cm³/mol. The van der Waals surface area contributed by atoms with E-state index in [1.165, 1.54) is 0 Å². The minimum absolute atomic E-state index is 0.298. The molecule has 4 aromatic rings. The molecule has 0 aromatic heterocycles. The Hall–Kier alpha value is -5.14. The highest BCUT2D eigenvalue weighted by atomic mass is 35.5. The van der Waals surface area contributed by atoms with Crippen molar-refractivity contribution in [2.24, 2.45) is 21.3 Å². The number of hydrogen-bond donors (Lipinski definition) is 4. The number of carbonyl (C=O) groups is 2. The number of aliphatic imine (C=N–C) groups is 2. The van der Waals surface area contributed by atoms with Gasteiger partial charge >= 0.3 is 11.9 Å². The number of piperazine rings is 2. The van der Waals surface area contributed by atoms with Crippen molar-refractivity contribution in [3.05, 3.63) is 106 Å². The maximum absolute atomic E-state index is 12.9. The Labute approximate surface area is 334 Å². The molecule has 12 nitrogen and oxygen atoms in total. The normalized spacial score (nSPS) is 21.0. The Kier molecular flexibility index (Phi) is 10.2. The molecule has 4 aliphatic heterocycles. The fraction of sp³-hybridized carbons (Fsp3) is 0.333. The van der Waals surface area contributed by atoms with Crippen LogP contribution in [0.4, 0.5) is 11.4 Å². The van der Waals surface area contributed by atoms with Crippen LogP contribution >= 0.6 is 23.2 Å². The van der Waals surface area contributed by atoms with Gasteiger partial charge in [0, 0.05) is 60.4 Å². The van der Waals surface area contributed by atoms with Crippen LogP contribution in [-0.2, 0) is 9.59 Å². The smallest absolute Gasteiger partial charge is 0.310 e. The molecule has 56 heavy (non-hydrogen) atoms. The Morgan fingerprint density at radius 1 is 0.839 bits per heavy atom. The maximum atomic E-state index is 12.9. The zero-order valence-electron chi connectivity index (χ0n) is 31.1. The number of para-hydroxylation sites is 4. The molecule has 14 heteroatoms. The van der Waals surface area contributed by atoms with Gasteiger partial charge in [0.25, 0.3) is 0 Å². The molecule has 0 saturated carbocycles. The molecule has 0 spiro atoms. The Balaban J connectivity index is 1.27. The molecule has 0 aliphatic carbocycles. The summed E-state index contributed by atoms with van der Waals surface area (Å²) in [6.45, 7) is 7.49. The molecule has 4 N–H and O–H groups in total. The number of nitrogens with one attached hydrogen (secondary N) is 2. The van der Waals surface area contributed by atoms with Gasteiger partial charge in [-0.2, -0.15) is 0 Å². The third kappa shape index (κ3) is 7.07. The first-order chi connectivity index (χ1) is 26.9. The standard InChI is InChI=1S/C42H42Cl2N6O6/c1-4-25(40(51)52)31-20-49(16-15-45-31)39-28-19-24(44)18-26(37(28)56-35-12-8-6-10-30(35)48-39)32-21-50(22-36(46-32)42(2,3)41(53)54)38-27-17-23(43)13-14-33(27)55-34-11-7-5-9-29(34)47-38/h5-14,17-19,25,31-32,36,45-46H,4,15-16,20-22H2,1-3H3,(H,51,52)(H,53,54)/t25-,31?,32?,36?/m0/s1. The van der Waals surface area contributed by atoms with Gasteiger partial charge in [0.1, 0.15) is 34.5 Å². The van der Waals surface area contributed by atoms with Gasteiger partial charge in [-0.3, -0.25) is 9.59 Å². The highest BCUT2D eigenvalue weighted by Crippen LogP contribution is 2.46. The highest BCUT2D eigenvalue weighted by molar-refractivity contribution is 6.31. The fourth-order valence-electron chi connectivity index (χ4n) is 7.93. The lowest BCUT2D eigenvalue weighted by Gasteiger charge is -2.45. The van der Waals surface area contributed by atoms with Crippen LogP contribution in [0.15, 0.2) is 88.8 Å². The van der Waals surface area contributed by atoms with Gasteiger partial charge in [0.05, 0.1) is 28.5 Å². The average molecular weight is 798 g/mol. The molecule has 0 bridgehead atoms. The van der Waals surface area contributed by atoms with Crippen LogP contribution in [0, 0.1) is 11.3 Å². The van der Waals surface area contributed by atoms with Gasteiger partial charge in [-0.25, -0.2) is 9.98 Å². The number of fused-ring (bicyclic) bond motifs is 4. The van der Waals surface area contributed by atoms with E-state index in [-0.39, 0.29) is 6.04 Å². The third-order valence-corrected chi connectivity index (χ3v) is 11.6. The highest BCUT2D eigenvalue weighted by Gasteiger charge is 2.44. The van der Waals surface area contributed by atoms with E-state index in [1.54, 1.807) is 19.9 Å². The van der Waals surface area contributed by atoms with Gasteiger partial charge in [-0.1, -0.05) is 54.4 Å². The summed E-state index contributed by atoms with van der Waals surface area (Å²) in [6, 6.07) is 22.7. The van der Waals surface area contributed by atoms with Crippen molar-refractivity contribution in [3.63, 3.8) is 0 Å². The summed E-state index contributed by atoms with van der Waals surface area (Å²) in [4.78, 5) is 39.6. The van der Waals surface area contributed by atoms with Crippen LogP contribution in [0.3, 0.4) is 0 Å². The number of aliphatic carboxylic acids is 2. The predicted octanol–water partition coefficient (Wildman–Crippen LogP) is 7.87. The quantitative estimate of drug-likeness (QED) is 0.152. The van der Waals surface area contributed by atoms with Crippen molar-refractivity contribution in [1.29, 1.82) is 0 Å². The second kappa shape index (κ2) is 15.1. The number of nitrogens with zero attached hydrogens (tertiary/aromatic N) is 4. The zero-order chi connectivity index (χ0) is 39.3. The summed E-state index contributed by atoms with van der Waals surface area (Å²) in [6.07, 6.45) is 0.475. The van der Waals surface area contributed by atoms with Crippen molar-refractivity contribution >= 4 is 58.2 Å². The van der Waals surface area contributed by atoms with Gasteiger partial charge in [-0.05, 0) is 74.9 Å². The summed E-state index contributed by atoms with van der Waals surface area (Å²) < 4.78 is 13.2. The van der Waals surface area contributed by atoms with Crippen molar-refractivity contribution in [2.75, 3.05) is 32.7 Å². The van der Waals surface area contributed by atoms with E-state index in [0.717, 1.165) is 0 Å². The van der Waals surface area contributed by atoms with Crippen LogP contribution in [0.5, 0.6) is 23.0 Å². The number of benzene rings is 4. The first-order valence-corrected chi connectivity index (χ1v) is 19.5. The summed E-state index contributed by atoms with van der Waals surface area (Å²) in [7, 11) is 0. The number of carboxylic acid groups (broad SMARTS) is 2. The van der Waals surface area contributed by atoms with Crippen molar-refractivity contribution in [2.45, 2.75) is 45.3 Å².